The molecule has 2 rings (SSSR count). The number of esters is 1. The molecule has 0 spiro atoms. The van der Waals surface area contributed by atoms with E-state index in [9.17, 15) is 4.79 Å². The van der Waals surface area contributed by atoms with E-state index in [-0.39, 0.29) is 12.1 Å². The first-order chi connectivity index (χ1) is 10.1. The highest BCUT2D eigenvalue weighted by Gasteiger charge is 2.46. The number of hydrogen-bond donors (Lipinski definition) is 1. The lowest BCUT2D eigenvalue weighted by Crippen LogP contribution is -2.49. The topological polar surface area (TPSA) is 56.8 Å². The van der Waals surface area contributed by atoms with E-state index in [4.69, 9.17) is 14.2 Å². The molecule has 0 bridgehead atoms. The van der Waals surface area contributed by atoms with Crippen LogP contribution in [-0.2, 0) is 9.53 Å². The molecular formula is C16H23NO4. The first-order valence-corrected chi connectivity index (χ1v) is 7.30. The van der Waals surface area contributed by atoms with Gasteiger partial charge in [-0.1, -0.05) is 0 Å². The minimum Gasteiger partial charge on any atom is -0.497 e. The van der Waals surface area contributed by atoms with Gasteiger partial charge >= 0.3 is 5.97 Å². The standard InChI is InChI=1S/C16H23NO4/c1-4-20-15(18)16(17-2)10-9-14(11-16)21-13-7-5-12(19-3)6-8-13/h5-8,14,17H,4,9-11H2,1-3H3. The highest BCUT2D eigenvalue weighted by molar-refractivity contribution is 5.81. The van der Waals surface area contributed by atoms with E-state index < -0.39 is 5.54 Å². The third-order valence-electron chi connectivity index (χ3n) is 3.98. The second-order valence-electron chi connectivity index (χ2n) is 5.21. The Morgan fingerprint density at radius 1 is 1.33 bits per heavy atom. The number of benzene rings is 1. The van der Waals surface area contributed by atoms with E-state index in [0.717, 1.165) is 24.3 Å². The van der Waals surface area contributed by atoms with Crippen molar-refractivity contribution in [1.82, 2.24) is 5.32 Å². The Morgan fingerprint density at radius 3 is 2.57 bits per heavy atom. The smallest absolute Gasteiger partial charge is 0.326 e. The Bertz CT molecular complexity index is 474. The zero-order valence-electron chi connectivity index (χ0n) is 12.8. The van der Waals surface area contributed by atoms with Gasteiger partial charge in [-0.15, -0.1) is 0 Å². The molecule has 1 aliphatic rings. The second-order valence-corrected chi connectivity index (χ2v) is 5.21. The minimum absolute atomic E-state index is 0.00949. The van der Waals surface area contributed by atoms with E-state index in [1.165, 1.54) is 0 Å². The van der Waals surface area contributed by atoms with Crippen LogP contribution in [0.25, 0.3) is 0 Å². The summed E-state index contributed by atoms with van der Waals surface area (Å²) in [5.41, 5.74) is -0.618. The molecule has 5 nitrogen and oxygen atoms in total. The molecule has 0 saturated heterocycles. The molecule has 0 aliphatic heterocycles. The summed E-state index contributed by atoms with van der Waals surface area (Å²) < 4.78 is 16.3. The van der Waals surface area contributed by atoms with Crippen LogP contribution in [0.2, 0.25) is 0 Å². The molecule has 2 atom stereocenters. The van der Waals surface area contributed by atoms with Crippen molar-refractivity contribution < 1.29 is 19.0 Å². The number of methoxy groups -OCH3 is 1. The number of likely N-dealkylation sites (N-methyl/N-ethyl adjacent to an activating group) is 1. The van der Waals surface area contributed by atoms with Gasteiger partial charge < -0.3 is 19.5 Å². The average Bonchev–Trinajstić information content (AvgIpc) is 2.93. The van der Waals surface area contributed by atoms with Gasteiger partial charge in [0.05, 0.1) is 13.7 Å². The second kappa shape index (κ2) is 6.80. The third-order valence-corrected chi connectivity index (χ3v) is 3.98. The van der Waals surface area contributed by atoms with Crippen LogP contribution in [0, 0.1) is 0 Å². The Morgan fingerprint density at radius 2 is 2.00 bits per heavy atom. The number of ether oxygens (including phenoxy) is 3. The lowest BCUT2D eigenvalue weighted by molar-refractivity contribution is -0.151. The Labute approximate surface area is 125 Å². The molecule has 0 radical (unpaired) electrons. The van der Waals surface area contributed by atoms with Crippen LogP contribution >= 0.6 is 0 Å². The summed E-state index contributed by atoms with van der Waals surface area (Å²) in [5.74, 6) is 1.40. The zero-order chi connectivity index (χ0) is 15.3. The Hall–Kier alpha value is -1.75. The molecule has 1 fully saturated rings. The van der Waals surface area contributed by atoms with Crippen molar-refractivity contribution in [1.29, 1.82) is 0 Å². The lowest BCUT2D eigenvalue weighted by Gasteiger charge is -2.26. The van der Waals surface area contributed by atoms with Crippen molar-refractivity contribution in [3.8, 4) is 11.5 Å². The van der Waals surface area contributed by atoms with Gasteiger partial charge in [-0.3, -0.25) is 4.79 Å². The molecular weight excluding hydrogens is 270 g/mol. The predicted molar refractivity (Wildman–Crippen MR) is 79.7 cm³/mol. The SMILES string of the molecule is CCOC(=O)C1(NC)CCC(Oc2ccc(OC)cc2)C1. The fourth-order valence-corrected chi connectivity index (χ4v) is 2.73. The van der Waals surface area contributed by atoms with Crippen molar-refractivity contribution >= 4 is 5.97 Å². The predicted octanol–water partition coefficient (Wildman–Crippen LogP) is 2.15. The Kier molecular flexibility index (Phi) is 5.07. The fourth-order valence-electron chi connectivity index (χ4n) is 2.73. The largest absolute Gasteiger partial charge is 0.497 e. The van der Waals surface area contributed by atoms with Crippen molar-refractivity contribution in [2.75, 3.05) is 20.8 Å². The van der Waals surface area contributed by atoms with Crippen LogP contribution in [0.4, 0.5) is 0 Å². The maximum absolute atomic E-state index is 12.1. The summed E-state index contributed by atoms with van der Waals surface area (Å²) in [6.07, 6.45) is 2.18. The molecule has 0 amide bonds. The van der Waals surface area contributed by atoms with Gasteiger partial charge in [0.25, 0.3) is 0 Å². The van der Waals surface area contributed by atoms with Crippen molar-refractivity contribution in [3.05, 3.63) is 24.3 Å². The van der Waals surface area contributed by atoms with Gasteiger partial charge in [0.2, 0.25) is 0 Å². The number of nitrogens with one attached hydrogen (secondary N) is 1. The summed E-state index contributed by atoms with van der Waals surface area (Å²) >= 11 is 0. The molecule has 1 N–H and O–H groups in total. The molecule has 0 aromatic heterocycles. The van der Waals surface area contributed by atoms with Crippen LogP contribution in [0.15, 0.2) is 24.3 Å². The normalized spacial score (nSPS) is 24.6. The summed E-state index contributed by atoms with van der Waals surface area (Å²) in [4.78, 5) is 12.1. The molecule has 0 heterocycles. The number of carbonyl (C=O) groups excluding carboxylic acids is 1. The van der Waals surface area contributed by atoms with Crippen LogP contribution < -0.4 is 14.8 Å². The maximum atomic E-state index is 12.1. The average molecular weight is 293 g/mol. The van der Waals surface area contributed by atoms with Crippen LogP contribution in [-0.4, -0.2) is 38.4 Å². The zero-order valence-corrected chi connectivity index (χ0v) is 12.8. The summed E-state index contributed by atoms with van der Waals surface area (Å²) in [7, 11) is 3.43. The van der Waals surface area contributed by atoms with Gasteiger partial charge in [-0.05, 0) is 51.1 Å². The summed E-state index contributed by atoms with van der Waals surface area (Å²) in [6.45, 7) is 2.22. The molecule has 1 aromatic carbocycles. The molecule has 1 aliphatic carbocycles. The molecule has 5 heteroatoms. The van der Waals surface area contributed by atoms with E-state index in [1.807, 2.05) is 31.2 Å². The summed E-state index contributed by atoms with van der Waals surface area (Å²) in [5, 5.41) is 3.12. The first kappa shape index (κ1) is 15.6. The molecule has 1 saturated carbocycles. The fraction of sp³-hybridized carbons (Fsp3) is 0.562. The van der Waals surface area contributed by atoms with E-state index in [2.05, 4.69) is 5.32 Å². The number of hydrogen-bond acceptors (Lipinski definition) is 5. The van der Waals surface area contributed by atoms with Crippen molar-refractivity contribution in [2.45, 2.75) is 37.8 Å². The maximum Gasteiger partial charge on any atom is 0.326 e. The van der Waals surface area contributed by atoms with Crippen LogP contribution in [0.1, 0.15) is 26.2 Å². The highest BCUT2D eigenvalue weighted by Crippen LogP contribution is 2.34. The summed E-state index contributed by atoms with van der Waals surface area (Å²) in [6, 6.07) is 7.48. The monoisotopic (exact) mass is 293 g/mol. The van der Waals surface area contributed by atoms with Crippen LogP contribution in [0.5, 0.6) is 11.5 Å². The molecule has 2 unspecified atom stereocenters. The van der Waals surface area contributed by atoms with Gasteiger partial charge in [0, 0.05) is 6.42 Å². The van der Waals surface area contributed by atoms with Gasteiger partial charge in [-0.25, -0.2) is 0 Å². The molecule has 21 heavy (non-hydrogen) atoms. The van der Waals surface area contributed by atoms with E-state index >= 15 is 0 Å². The molecule has 1 aromatic rings. The van der Waals surface area contributed by atoms with Gasteiger partial charge in [0.1, 0.15) is 23.1 Å². The number of rotatable bonds is 6. The minimum atomic E-state index is -0.618. The first-order valence-electron chi connectivity index (χ1n) is 7.30. The Balaban J connectivity index is 1.98. The van der Waals surface area contributed by atoms with Gasteiger partial charge in [0.15, 0.2) is 0 Å². The number of carbonyl (C=O) groups is 1. The van der Waals surface area contributed by atoms with Crippen molar-refractivity contribution in [2.24, 2.45) is 0 Å². The molecule has 116 valence electrons. The van der Waals surface area contributed by atoms with Crippen molar-refractivity contribution in [3.63, 3.8) is 0 Å². The highest BCUT2D eigenvalue weighted by atomic mass is 16.5. The quantitative estimate of drug-likeness (QED) is 0.814. The third kappa shape index (κ3) is 3.47. The van der Waals surface area contributed by atoms with Gasteiger partial charge in [-0.2, -0.15) is 0 Å². The lowest BCUT2D eigenvalue weighted by atomic mass is 9.98. The van der Waals surface area contributed by atoms with Crippen LogP contribution in [0.3, 0.4) is 0 Å². The van der Waals surface area contributed by atoms with E-state index in [0.29, 0.717) is 13.0 Å². The van der Waals surface area contributed by atoms with E-state index in [1.54, 1.807) is 14.2 Å².